The van der Waals surface area contributed by atoms with Crippen LogP contribution < -0.4 is 5.32 Å². The van der Waals surface area contributed by atoms with Gasteiger partial charge in [-0.15, -0.1) is 0 Å². The first-order valence-corrected chi connectivity index (χ1v) is 12.3. The third kappa shape index (κ3) is 3.90. The molecule has 172 valence electrons. The predicted octanol–water partition coefficient (Wildman–Crippen LogP) is 6.54. The van der Waals surface area contributed by atoms with Crippen LogP contribution in [0.2, 0.25) is 0 Å². The quantitative estimate of drug-likeness (QED) is 0.468. The van der Waals surface area contributed by atoms with E-state index in [1.807, 2.05) is 18.2 Å². The monoisotopic (exact) mass is 442 g/mol. The summed E-state index contributed by atoms with van der Waals surface area (Å²) in [6.07, 6.45) is 7.88. The molecular formula is C29H34N2O2. The third-order valence-electron chi connectivity index (χ3n) is 7.48. The van der Waals surface area contributed by atoms with E-state index in [0.29, 0.717) is 0 Å². The number of amides is 1. The Hall–Kier alpha value is -2.88. The van der Waals surface area contributed by atoms with E-state index in [9.17, 15) is 9.59 Å². The highest BCUT2D eigenvalue weighted by Crippen LogP contribution is 2.49. The van der Waals surface area contributed by atoms with Crippen LogP contribution in [-0.2, 0) is 28.5 Å². The van der Waals surface area contributed by atoms with Crippen molar-refractivity contribution in [2.75, 3.05) is 5.32 Å². The van der Waals surface area contributed by atoms with Gasteiger partial charge in [-0.1, -0.05) is 45.4 Å². The van der Waals surface area contributed by atoms with Gasteiger partial charge >= 0.3 is 0 Å². The molecule has 0 unspecified atom stereocenters. The number of benzene rings is 2. The fourth-order valence-corrected chi connectivity index (χ4v) is 5.41. The van der Waals surface area contributed by atoms with Gasteiger partial charge in [-0.3, -0.25) is 14.2 Å². The van der Waals surface area contributed by atoms with Crippen molar-refractivity contribution in [2.45, 2.75) is 83.5 Å². The van der Waals surface area contributed by atoms with Gasteiger partial charge in [0, 0.05) is 29.1 Å². The molecule has 1 fully saturated rings. The Balaban J connectivity index is 1.43. The number of fused-ring (bicyclic) bond motifs is 2. The number of aryl methyl sites for hydroxylation is 2. The van der Waals surface area contributed by atoms with E-state index in [1.54, 1.807) is 11.5 Å². The van der Waals surface area contributed by atoms with E-state index in [2.05, 4.69) is 50.4 Å². The van der Waals surface area contributed by atoms with Crippen molar-refractivity contribution in [3.05, 3.63) is 64.8 Å². The summed E-state index contributed by atoms with van der Waals surface area (Å²) in [7, 11) is 0. The first-order chi connectivity index (χ1) is 15.7. The minimum Gasteiger partial charge on any atom is -0.325 e. The average molecular weight is 443 g/mol. The fraction of sp³-hybridized carbons (Fsp3) is 0.448. The molecule has 0 aliphatic heterocycles. The van der Waals surface area contributed by atoms with Crippen molar-refractivity contribution in [3.8, 4) is 0 Å². The summed E-state index contributed by atoms with van der Waals surface area (Å²) in [6.45, 7) is 7.93. The van der Waals surface area contributed by atoms with Crippen LogP contribution in [0.3, 0.4) is 0 Å². The smallest absolute Gasteiger partial charge is 0.235 e. The van der Waals surface area contributed by atoms with Gasteiger partial charge in [0.25, 0.3) is 0 Å². The Morgan fingerprint density at radius 3 is 2.30 bits per heavy atom. The minimum atomic E-state index is -0.405. The predicted molar refractivity (Wildman–Crippen MR) is 134 cm³/mol. The molecule has 2 aliphatic carbocycles. The Bertz CT molecular complexity index is 1250. The van der Waals surface area contributed by atoms with E-state index >= 15 is 0 Å². The Morgan fingerprint density at radius 1 is 0.909 bits per heavy atom. The normalized spacial score (nSPS) is 17.3. The molecule has 4 heteroatoms. The summed E-state index contributed by atoms with van der Waals surface area (Å²) in [4.78, 5) is 25.8. The maximum Gasteiger partial charge on any atom is 0.235 e. The standard InChI is InChI=1S/C29H34N2O2/c1-19(32)31-25-13-12-24(17-22(25)18-26(31)28(2,3)4)30-27(33)29(14-15-29)23-11-10-20-8-6-5-7-9-21(20)16-23/h10-13,16-18H,5-9,14-15H2,1-4H3,(H,30,33). The van der Waals surface area contributed by atoms with Gasteiger partial charge < -0.3 is 5.32 Å². The summed E-state index contributed by atoms with van der Waals surface area (Å²) in [5.41, 5.74) is 6.16. The largest absolute Gasteiger partial charge is 0.325 e. The topological polar surface area (TPSA) is 51.1 Å². The number of hydrogen-bond donors (Lipinski definition) is 1. The second kappa shape index (κ2) is 7.86. The molecule has 1 amide bonds. The fourth-order valence-electron chi connectivity index (χ4n) is 5.41. The van der Waals surface area contributed by atoms with Gasteiger partial charge in [0.15, 0.2) is 0 Å². The van der Waals surface area contributed by atoms with Crippen LogP contribution in [0, 0.1) is 0 Å². The number of hydrogen-bond acceptors (Lipinski definition) is 2. The maximum absolute atomic E-state index is 13.4. The molecular weight excluding hydrogens is 408 g/mol. The second-order valence-corrected chi connectivity index (χ2v) is 11.0. The maximum atomic E-state index is 13.4. The van der Waals surface area contributed by atoms with Crippen molar-refractivity contribution in [2.24, 2.45) is 0 Å². The zero-order valence-electron chi connectivity index (χ0n) is 20.3. The summed E-state index contributed by atoms with van der Waals surface area (Å²) in [6, 6.07) is 14.7. The van der Waals surface area contributed by atoms with E-state index in [0.717, 1.165) is 48.0 Å². The van der Waals surface area contributed by atoms with Crippen LogP contribution in [-0.4, -0.2) is 16.4 Å². The molecule has 1 aromatic heterocycles. The lowest BCUT2D eigenvalue weighted by atomic mass is 9.90. The van der Waals surface area contributed by atoms with Gasteiger partial charge in [0.1, 0.15) is 0 Å². The van der Waals surface area contributed by atoms with Crippen molar-refractivity contribution in [1.82, 2.24) is 4.57 Å². The van der Waals surface area contributed by atoms with Crippen molar-refractivity contribution in [3.63, 3.8) is 0 Å². The molecule has 1 N–H and O–H groups in total. The lowest BCUT2D eigenvalue weighted by Gasteiger charge is -2.20. The van der Waals surface area contributed by atoms with E-state index in [1.165, 1.54) is 36.0 Å². The molecule has 0 saturated heterocycles. The van der Waals surface area contributed by atoms with Gasteiger partial charge in [-0.2, -0.15) is 0 Å². The van der Waals surface area contributed by atoms with Crippen LogP contribution in [0.4, 0.5) is 5.69 Å². The van der Waals surface area contributed by atoms with Gasteiger partial charge in [0.2, 0.25) is 11.8 Å². The van der Waals surface area contributed by atoms with Gasteiger partial charge in [0.05, 0.1) is 10.9 Å². The van der Waals surface area contributed by atoms with Crippen LogP contribution in [0.1, 0.15) is 87.0 Å². The molecule has 2 aliphatic rings. The number of nitrogens with zero attached hydrogens (tertiary/aromatic N) is 1. The number of anilines is 1. The van der Waals surface area contributed by atoms with Gasteiger partial charge in [-0.05, 0) is 79.5 Å². The Labute approximate surface area is 196 Å². The molecule has 4 nitrogen and oxygen atoms in total. The number of rotatable bonds is 3. The number of nitrogens with one attached hydrogen (secondary N) is 1. The molecule has 1 heterocycles. The number of carbonyl (C=O) groups is 2. The highest BCUT2D eigenvalue weighted by atomic mass is 16.2. The lowest BCUT2D eigenvalue weighted by molar-refractivity contribution is -0.118. The molecule has 3 aromatic rings. The summed E-state index contributed by atoms with van der Waals surface area (Å²) in [5, 5.41) is 4.17. The summed E-state index contributed by atoms with van der Waals surface area (Å²) >= 11 is 0. The number of carbonyl (C=O) groups excluding carboxylic acids is 2. The molecule has 2 aromatic carbocycles. The van der Waals surface area contributed by atoms with Crippen LogP contribution in [0.25, 0.3) is 10.9 Å². The van der Waals surface area contributed by atoms with E-state index < -0.39 is 5.41 Å². The zero-order valence-corrected chi connectivity index (χ0v) is 20.3. The molecule has 5 rings (SSSR count). The summed E-state index contributed by atoms with van der Waals surface area (Å²) in [5.74, 6) is 0.0873. The first-order valence-electron chi connectivity index (χ1n) is 12.3. The van der Waals surface area contributed by atoms with Crippen LogP contribution in [0.5, 0.6) is 0 Å². The zero-order chi connectivity index (χ0) is 23.4. The minimum absolute atomic E-state index is 0.00635. The first kappa shape index (κ1) is 21.9. The molecule has 1 saturated carbocycles. The third-order valence-corrected chi connectivity index (χ3v) is 7.48. The van der Waals surface area contributed by atoms with Crippen molar-refractivity contribution in [1.29, 1.82) is 0 Å². The Morgan fingerprint density at radius 2 is 1.64 bits per heavy atom. The number of aromatic nitrogens is 1. The SMILES string of the molecule is CC(=O)n1c(C(C)(C)C)cc2cc(NC(=O)C3(c4ccc5c(c4)CCCCC5)CC3)ccc21. The Kier molecular flexibility index (Phi) is 5.23. The summed E-state index contributed by atoms with van der Waals surface area (Å²) < 4.78 is 1.79. The lowest BCUT2D eigenvalue weighted by Crippen LogP contribution is -2.28. The van der Waals surface area contributed by atoms with Crippen molar-refractivity contribution >= 4 is 28.4 Å². The second-order valence-electron chi connectivity index (χ2n) is 11.0. The van der Waals surface area contributed by atoms with Crippen LogP contribution >= 0.6 is 0 Å². The van der Waals surface area contributed by atoms with Crippen molar-refractivity contribution < 1.29 is 9.59 Å². The van der Waals surface area contributed by atoms with Gasteiger partial charge in [-0.25, -0.2) is 0 Å². The highest BCUT2D eigenvalue weighted by molar-refractivity contribution is 6.03. The van der Waals surface area contributed by atoms with E-state index in [-0.39, 0.29) is 17.2 Å². The van der Waals surface area contributed by atoms with E-state index in [4.69, 9.17) is 0 Å². The molecule has 0 bridgehead atoms. The highest BCUT2D eigenvalue weighted by Gasteiger charge is 2.51. The van der Waals surface area contributed by atoms with Crippen LogP contribution in [0.15, 0.2) is 42.5 Å². The molecule has 0 spiro atoms. The average Bonchev–Trinajstić information content (AvgIpc) is 3.51. The molecule has 0 radical (unpaired) electrons. The molecule has 33 heavy (non-hydrogen) atoms. The molecule has 0 atom stereocenters.